The molecule has 252 valence electrons. The van der Waals surface area contributed by atoms with Crippen LogP contribution < -0.4 is 5.32 Å². The molecule has 3 aromatic carbocycles. The molecular formula is C35H38F6N4O2. The monoisotopic (exact) mass is 660 g/mol. The van der Waals surface area contributed by atoms with Gasteiger partial charge in [0.15, 0.2) is 0 Å². The van der Waals surface area contributed by atoms with Crippen LogP contribution in [0.1, 0.15) is 51.0 Å². The van der Waals surface area contributed by atoms with Crippen molar-refractivity contribution >= 4 is 17.5 Å². The van der Waals surface area contributed by atoms with Gasteiger partial charge in [-0.1, -0.05) is 48.5 Å². The van der Waals surface area contributed by atoms with Gasteiger partial charge in [0.2, 0.25) is 5.91 Å². The van der Waals surface area contributed by atoms with E-state index in [1.807, 2.05) is 62.4 Å². The second-order valence-electron chi connectivity index (χ2n) is 12.4. The van der Waals surface area contributed by atoms with Crippen molar-refractivity contribution in [1.82, 2.24) is 14.7 Å². The minimum absolute atomic E-state index is 0.0392. The van der Waals surface area contributed by atoms with Gasteiger partial charge in [0.1, 0.15) is 0 Å². The van der Waals surface area contributed by atoms with Crippen molar-refractivity contribution < 1.29 is 35.9 Å². The Morgan fingerprint density at radius 1 is 0.787 bits per heavy atom. The summed E-state index contributed by atoms with van der Waals surface area (Å²) in [5.74, 6) is -0.936. The number of benzene rings is 3. The van der Waals surface area contributed by atoms with E-state index in [1.165, 1.54) is 4.90 Å². The number of anilines is 1. The third kappa shape index (κ3) is 8.53. The van der Waals surface area contributed by atoms with E-state index in [4.69, 9.17) is 0 Å². The topological polar surface area (TPSA) is 55.9 Å². The highest BCUT2D eigenvalue weighted by Crippen LogP contribution is 2.37. The Morgan fingerprint density at radius 2 is 1.38 bits per heavy atom. The lowest BCUT2D eigenvalue weighted by Gasteiger charge is -2.46. The molecule has 2 unspecified atom stereocenters. The van der Waals surface area contributed by atoms with Crippen LogP contribution >= 0.6 is 0 Å². The number of alkyl halides is 6. The number of amides is 2. The van der Waals surface area contributed by atoms with Gasteiger partial charge >= 0.3 is 12.4 Å². The maximum atomic E-state index is 13.7. The Balaban J connectivity index is 1.28. The first-order chi connectivity index (χ1) is 22.2. The average Bonchev–Trinajstić information content (AvgIpc) is 3.02. The molecule has 0 aromatic heterocycles. The third-order valence-corrected chi connectivity index (χ3v) is 9.13. The number of nitrogens with zero attached hydrogens (tertiary/aromatic N) is 3. The van der Waals surface area contributed by atoms with Crippen LogP contribution in [-0.4, -0.2) is 77.9 Å². The highest BCUT2D eigenvalue weighted by Gasteiger charge is 2.40. The van der Waals surface area contributed by atoms with Gasteiger partial charge in [0, 0.05) is 56.1 Å². The number of hydrogen-bond acceptors (Lipinski definition) is 4. The molecular weight excluding hydrogens is 622 g/mol. The average molecular weight is 661 g/mol. The summed E-state index contributed by atoms with van der Waals surface area (Å²) in [6.45, 7) is 7.04. The van der Waals surface area contributed by atoms with E-state index in [9.17, 15) is 35.9 Å². The summed E-state index contributed by atoms with van der Waals surface area (Å²) < 4.78 is 81.4. The lowest BCUT2D eigenvalue weighted by atomic mass is 9.90. The van der Waals surface area contributed by atoms with Gasteiger partial charge < -0.3 is 10.2 Å². The van der Waals surface area contributed by atoms with Crippen LogP contribution in [0.15, 0.2) is 66.7 Å². The zero-order valence-corrected chi connectivity index (χ0v) is 26.3. The van der Waals surface area contributed by atoms with Gasteiger partial charge in [-0.05, 0) is 68.0 Å². The predicted octanol–water partition coefficient (Wildman–Crippen LogP) is 6.81. The molecule has 3 aromatic rings. The molecule has 2 aliphatic rings. The highest BCUT2D eigenvalue weighted by molar-refractivity contribution is 5.95. The quantitative estimate of drug-likeness (QED) is 0.283. The van der Waals surface area contributed by atoms with Crippen LogP contribution in [-0.2, 0) is 23.6 Å². The van der Waals surface area contributed by atoms with E-state index in [2.05, 4.69) is 15.1 Å². The fourth-order valence-electron chi connectivity index (χ4n) is 6.63. The first-order valence-corrected chi connectivity index (χ1v) is 15.7. The summed E-state index contributed by atoms with van der Waals surface area (Å²) in [6.07, 6.45) is -8.65. The third-order valence-electron chi connectivity index (χ3n) is 9.13. The van der Waals surface area contributed by atoms with Gasteiger partial charge in [-0.3, -0.25) is 19.4 Å². The summed E-state index contributed by atoms with van der Waals surface area (Å²) in [5, 5.41) is 3.03. The number of rotatable bonds is 7. The molecule has 47 heavy (non-hydrogen) atoms. The van der Waals surface area contributed by atoms with Crippen molar-refractivity contribution in [2.45, 2.75) is 57.5 Å². The van der Waals surface area contributed by atoms with Crippen LogP contribution in [0.4, 0.5) is 32.0 Å². The number of likely N-dealkylation sites (tertiary alicyclic amines) is 1. The van der Waals surface area contributed by atoms with Crippen LogP contribution in [0, 0.1) is 13.8 Å². The van der Waals surface area contributed by atoms with Crippen LogP contribution in [0.25, 0.3) is 0 Å². The molecule has 0 radical (unpaired) electrons. The fraction of sp³-hybridized carbons (Fsp3) is 0.429. The Hall–Kier alpha value is -3.90. The Labute approximate surface area is 270 Å². The van der Waals surface area contributed by atoms with E-state index in [1.54, 1.807) is 0 Å². The Morgan fingerprint density at radius 3 is 1.96 bits per heavy atom. The van der Waals surface area contributed by atoms with E-state index in [-0.39, 0.29) is 31.1 Å². The van der Waals surface area contributed by atoms with Crippen molar-refractivity contribution in [2.24, 2.45) is 0 Å². The summed E-state index contributed by atoms with van der Waals surface area (Å²) in [6, 6.07) is 15.9. The zero-order chi connectivity index (χ0) is 33.9. The molecule has 6 nitrogen and oxygen atoms in total. The number of para-hydroxylation sites is 1. The molecule has 0 saturated carbocycles. The van der Waals surface area contributed by atoms with Crippen molar-refractivity contribution in [3.05, 3.63) is 100 Å². The van der Waals surface area contributed by atoms with Gasteiger partial charge in [0.05, 0.1) is 17.7 Å². The smallest absolute Gasteiger partial charge is 0.335 e. The Bertz CT molecular complexity index is 1520. The van der Waals surface area contributed by atoms with Crippen molar-refractivity contribution in [1.29, 1.82) is 0 Å². The maximum absolute atomic E-state index is 13.7. The van der Waals surface area contributed by atoms with E-state index >= 15 is 0 Å². The minimum atomic E-state index is -5.05. The number of carbonyl (C=O) groups is 2. The number of aryl methyl sites for hydroxylation is 2. The number of piperazine rings is 1. The first kappa shape index (κ1) is 34.4. The van der Waals surface area contributed by atoms with Crippen molar-refractivity contribution in [3.8, 4) is 0 Å². The molecule has 0 aliphatic carbocycles. The molecule has 2 atom stereocenters. The summed E-state index contributed by atoms with van der Waals surface area (Å²) >= 11 is 0. The van der Waals surface area contributed by atoms with Crippen molar-refractivity contribution in [2.75, 3.05) is 44.6 Å². The van der Waals surface area contributed by atoms with Gasteiger partial charge in [0.25, 0.3) is 5.91 Å². The van der Waals surface area contributed by atoms with Crippen LogP contribution in [0.3, 0.4) is 0 Å². The highest BCUT2D eigenvalue weighted by atomic mass is 19.4. The molecule has 0 bridgehead atoms. The Kier molecular flexibility index (Phi) is 10.3. The summed E-state index contributed by atoms with van der Waals surface area (Å²) in [5.41, 5.74) is 0.0733. The standard InChI is InChI=1S/C35H38F6N4O2/c1-23-7-6-8-24(2)32(23)42-31(46)22-43-13-15-44(16-14-43)29-11-12-45(30(21-29)17-25-9-4-3-5-10-25)33(47)26-18-27(34(36,37)38)20-28(19-26)35(39,40)41/h3-10,18-20,29-30H,11-17,21-22H2,1-2H3,(H,42,46). The van der Waals surface area contributed by atoms with Gasteiger partial charge in [-0.2, -0.15) is 26.3 Å². The molecule has 2 heterocycles. The van der Waals surface area contributed by atoms with Crippen LogP contribution in [0.5, 0.6) is 0 Å². The molecule has 5 rings (SSSR count). The molecule has 2 fully saturated rings. The molecule has 2 aliphatic heterocycles. The first-order valence-electron chi connectivity index (χ1n) is 15.7. The zero-order valence-electron chi connectivity index (χ0n) is 26.3. The van der Waals surface area contributed by atoms with E-state index in [0.29, 0.717) is 57.6 Å². The summed E-state index contributed by atoms with van der Waals surface area (Å²) in [7, 11) is 0. The SMILES string of the molecule is Cc1cccc(C)c1NC(=O)CN1CCN(C2CCN(C(=O)c3cc(C(F)(F)F)cc(C(F)(F)F)c3)C(Cc3ccccc3)C2)CC1. The maximum Gasteiger partial charge on any atom is 0.416 e. The molecule has 1 N–H and O–H groups in total. The number of piperidine rings is 1. The molecule has 2 amide bonds. The lowest BCUT2D eigenvalue weighted by molar-refractivity contribution is -0.143. The number of hydrogen-bond donors (Lipinski definition) is 1. The number of carbonyl (C=O) groups excluding carboxylic acids is 2. The van der Waals surface area contributed by atoms with Gasteiger partial charge in [-0.15, -0.1) is 0 Å². The minimum Gasteiger partial charge on any atom is -0.335 e. The largest absolute Gasteiger partial charge is 0.416 e. The van der Waals surface area contributed by atoms with E-state index in [0.717, 1.165) is 22.4 Å². The fourth-order valence-corrected chi connectivity index (χ4v) is 6.63. The second-order valence-corrected chi connectivity index (χ2v) is 12.4. The van der Waals surface area contributed by atoms with Gasteiger partial charge in [-0.25, -0.2) is 0 Å². The lowest BCUT2D eigenvalue weighted by Crippen LogP contribution is -2.57. The summed E-state index contributed by atoms with van der Waals surface area (Å²) in [4.78, 5) is 32.4. The van der Waals surface area contributed by atoms with Crippen LogP contribution in [0.2, 0.25) is 0 Å². The molecule has 2 saturated heterocycles. The molecule has 0 spiro atoms. The number of halogens is 6. The number of nitrogens with one attached hydrogen (secondary N) is 1. The predicted molar refractivity (Wildman–Crippen MR) is 167 cm³/mol. The van der Waals surface area contributed by atoms with Crippen molar-refractivity contribution in [3.63, 3.8) is 0 Å². The second kappa shape index (κ2) is 14.1. The normalized spacial score (nSPS) is 19.9. The van der Waals surface area contributed by atoms with E-state index < -0.39 is 41.0 Å². The molecule has 12 heteroatoms.